The number of pyridine rings is 1. The normalized spacial score (nSPS) is 15.8. The zero-order valence-electron chi connectivity index (χ0n) is 11.8. The topological polar surface area (TPSA) is 82.5 Å². The Morgan fingerprint density at radius 2 is 2.10 bits per heavy atom. The van der Waals surface area contributed by atoms with Crippen LogP contribution in [0.2, 0.25) is 5.15 Å². The number of carbonyl (C=O) groups excluding carboxylic acids is 1. The summed E-state index contributed by atoms with van der Waals surface area (Å²) in [4.78, 5) is 28.3. The molecule has 0 radical (unpaired) electrons. The zero-order valence-corrected chi connectivity index (χ0v) is 12.6. The van der Waals surface area contributed by atoms with Crippen LogP contribution >= 0.6 is 11.6 Å². The van der Waals surface area contributed by atoms with Crippen molar-refractivity contribution in [3.8, 4) is 0 Å². The van der Waals surface area contributed by atoms with E-state index in [2.05, 4.69) is 10.3 Å². The highest BCUT2D eigenvalue weighted by Gasteiger charge is 2.24. The first-order valence-corrected chi connectivity index (χ1v) is 7.24. The van der Waals surface area contributed by atoms with Crippen molar-refractivity contribution in [2.45, 2.75) is 19.8 Å². The molecule has 21 heavy (non-hydrogen) atoms. The molecule has 1 aromatic heterocycles. The number of nitrogens with one attached hydrogen (secondary N) is 1. The smallest absolute Gasteiger partial charge is 0.339 e. The van der Waals surface area contributed by atoms with Crippen molar-refractivity contribution >= 4 is 29.3 Å². The summed E-state index contributed by atoms with van der Waals surface area (Å²) >= 11 is 5.88. The predicted octanol–water partition coefficient (Wildman–Crippen LogP) is 1.79. The van der Waals surface area contributed by atoms with E-state index in [9.17, 15) is 14.7 Å². The molecule has 1 amide bonds. The van der Waals surface area contributed by atoms with Crippen LogP contribution < -0.4 is 10.2 Å². The highest BCUT2D eigenvalue weighted by atomic mass is 35.5. The highest BCUT2D eigenvalue weighted by molar-refractivity contribution is 6.29. The first-order valence-electron chi connectivity index (χ1n) is 6.86. The summed E-state index contributed by atoms with van der Waals surface area (Å²) in [6.45, 7) is 3.58. The Labute approximate surface area is 128 Å². The summed E-state index contributed by atoms with van der Waals surface area (Å²) in [5.41, 5.74) is 0.166. The lowest BCUT2D eigenvalue weighted by Gasteiger charge is -2.33. The van der Waals surface area contributed by atoms with Gasteiger partial charge in [-0.15, -0.1) is 0 Å². The maximum Gasteiger partial charge on any atom is 0.339 e. The molecular weight excluding hydrogens is 294 g/mol. The van der Waals surface area contributed by atoms with Gasteiger partial charge in [-0.3, -0.25) is 4.79 Å². The van der Waals surface area contributed by atoms with Gasteiger partial charge in [0, 0.05) is 26.6 Å². The molecule has 6 nitrogen and oxygen atoms in total. The third-order valence-corrected chi connectivity index (χ3v) is 3.84. The van der Waals surface area contributed by atoms with Gasteiger partial charge in [0.2, 0.25) is 5.91 Å². The SMILES string of the molecule is CC(=O)NCC1CCN(c2nc(Cl)ccc2C(=O)O)CC1. The molecule has 0 aliphatic carbocycles. The van der Waals surface area contributed by atoms with E-state index in [1.54, 1.807) is 0 Å². The standard InChI is InChI=1S/C14H18ClN3O3/c1-9(19)16-8-10-4-6-18(7-5-10)13-11(14(20)21)2-3-12(15)17-13/h2-3,10H,4-8H2,1H3,(H,16,19)(H,20,21). The predicted molar refractivity (Wildman–Crippen MR) is 79.8 cm³/mol. The number of anilines is 1. The number of piperidine rings is 1. The molecule has 1 saturated heterocycles. The molecule has 1 fully saturated rings. The monoisotopic (exact) mass is 311 g/mol. The number of nitrogens with zero attached hydrogens (tertiary/aromatic N) is 2. The molecule has 0 atom stereocenters. The van der Waals surface area contributed by atoms with Crippen LogP contribution in [0, 0.1) is 5.92 Å². The second-order valence-corrected chi connectivity index (χ2v) is 5.57. The van der Waals surface area contributed by atoms with E-state index in [0.29, 0.717) is 31.4 Å². The Balaban J connectivity index is 2.03. The maximum atomic E-state index is 11.3. The first-order chi connectivity index (χ1) is 9.97. The molecule has 7 heteroatoms. The van der Waals surface area contributed by atoms with Crippen LogP contribution in [0.15, 0.2) is 12.1 Å². The molecule has 0 aromatic carbocycles. The number of amides is 1. The molecule has 0 bridgehead atoms. The highest BCUT2D eigenvalue weighted by Crippen LogP contribution is 2.26. The number of aromatic carboxylic acids is 1. The van der Waals surface area contributed by atoms with Gasteiger partial charge in [0.15, 0.2) is 0 Å². The fourth-order valence-corrected chi connectivity index (χ4v) is 2.61. The van der Waals surface area contributed by atoms with Crippen LogP contribution in [0.5, 0.6) is 0 Å². The van der Waals surface area contributed by atoms with Crippen LogP contribution in [-0.4, -0.2) is 41.6 Å². The largest absolute Gasteiger partial charge is 0.478 e. The first kappa shape index (κ1) is 15.6. The van der Waals surface area contributed by atoms with Crippen LogP contribution in [0.3, 0.4) is 0 Å². The van der Waals surface area contributed by atoms with Crippen molar-refractivity contribution in [3.05, 3.63) is 22.8 Å². The van der Waals surface area contributed by atoms with Crippen molar-refractivity contribution in [2.75, 3.05) is 24.5 Å². The van der Waals surface area contributed by atoms with Gasteiger partial charge >= 0.3 is 5.97 Å². The molecule has 114 valence electrons. The van der Waals surface area contributed by atoms with E-state index in [-0.39, 0.29) is 16.6 Å². The van der Waals surface area contributed by atoms with E-state index >= 15 is 0 Å². The van der Waals surface area contributed by atoms with Crippen molar-refractivity contribution in [1.29, 1.82) is 0 Å². The summed E-state index contributed by atoms with van der Waals surface area (Å²) in [7, 11) is 0. The van der Waals surface area contributed by atoms with E-state index in [1.807, 2.05) is 4.90 Å². The quantitative estimate of drug-likeness (QED) is 0.828. The zero-order chi connectivity index (χ0) is 15.4. The molecule has 0 spiro atoms. The Morgan fingerprint density at radius 1 is 1.43 bits per heavy atom. The van der Waals surface area contributed by atoms with Crippen molar-refractivity contribution in [3.63, 3.8) is 0 Å². The number of carboxylic acid groups (broad SMARTS) is 1. The fraction of sp³-hybridized carbons (Fsp3) is 0.500. The Morgan fingerprint density at radius 3 is 2.67 bits per heavy atom. The van der Waals surface area contributed by atoms with Crippen molar-refractivity contribution in [2.24, 2.45) is 5.92 Å². The second kappa shape index (κ2) is 6.76. The van der Waals surface area contributed by atoms with Gasteiger partial charge in [-0.2, -0.15) is 0 Å². The second-order valence-electron chi connectivity index (χ2n) is 5.18. The summed E-state index contributed by atoms with van der Waals surface area (Å²) < 4.78 is 0. The average Bonchev–Trinajstić information content (AvgIpc) is 2.45. The average molecular weight is 312 g/mol. The van der Waals surface area contributed by atoms with Gasteiger partial charge in [-0.25, -0.2) is 9.78 Å². The minimum atomic E-state index is -1.01. The van der Waals surface area contributed by atoms with Gasteiger partial charge in [-0.05, 0) is 30.9 Å². The molecule has 1 aromatic rings. The number of rotatable bonds is 4. The number of carboxylic acids is 1. The van der Waals surface area contributed by atoms with Gasteiger partial charge in [-0.1, -0.05) is 11.6 Å². The van der Waals surface area contributed by atoms with Crippen molar-refractivity contribution in [1.82, 2.24) is 10.3 Å². The summed E-state index contributed by atoms with van der Waals surface area (Å²) in [6, 6.07) is 2.97. The molecule has 1 aliphatic rings. The maximum absolute atomic E-state index is 11.3. The van der Waals surface area contributed by atoms with E-state index in [4.69, 9.17) is 11.6 Å². The molecule has 1 aliphatic heterocycles. The van der Waals surface area contributed by atoms with Crippen LogP contribution in [0.1, 0.15) is 30.1 Å². The third-order valence-electron chi connectivity index (χ3n) is 3.63. The minimum absolute atomic E-state index is 0.0258. The Bertz CT molecular complexity index is 542. The number of halogens is 1. The summed E-state index contributed by atoms with van der Waals surface area (Å²) in [5, 5.41) is 12.3. The molecule has 2 rings (SSSR count). The lowest BCUT2D eigenvalue weighted by atomic mass is 9.96. The number of hydrogen-bond acceptors (Lipinski definition) is 4. The Kier molecular flexibility index (Phi) is 5.01. The molecule has 0 unspecified atom stereocenters. The van der Waals surface area contributed by atoms with Gasteiger partial charge in [0.05, 0.1) is 0 Å². The van der Waals surface area contributed by atoms with Crippen LogP contribution in [0.4, 0.5) is 5.82 Å². The number of carbonyl (C=O) groups is 2. The third kappa shape index (κ3) is 4.07. The minimum Gasteiger partial charge on any atom is -0.478 e. The molecule has 2 N–H and O–H groups in total. The van der Waals surface area contributed by atoms with Gasteiger partial charge in [0.1, 0.15) is 16.5 Å². The molecule has 2 heterocycles. The van der Waals surface area contributed by atoms with Crippen LogP contribution in [-0.2, 0) is 4.79 Å². The summed E-state index contributed by atoms with van der Waals surface area (Å²) in [6.07, 6.45) is 1.76. The van der Waals surface area contributed by atoms with Crippen LogP contribution in [0.25, 0.3) is 0 Å². The lowest BCUT2D eigenvalue weighted by molar-refractivity contribution is -0.119. The lowest BCUT2D eigenvalue weighted by Crippen LogP contribution is -2.39. The molecule has 0 saturated carbocycles. The van der Waals surface area contributed by atoms with E-state index in [0.717, 1.165) is 12.8 Å². The number of hydrogen-bond donors (Lipinski definition) is 2. The van der Waals surface area contributed by atoms with Gasteiger partial charge in [0.25, 0.3) is 0 Å². The summed E-state index contributed by atoms with van der Waals surface area (Å²) in [5.74, 6) is -0.192. The van der Waals surface area contributed by atoms with E-state index < -0.39 is 5.97 Å². The van der Waals surface area contributed by atoms with Crippen molar-refractivity contribution < 1.29 is 14.7 Å². The van der Waals surface area contributed by atoms with Gasteiger partial charge < -0.3 is 15.3 Å². The van der Waals surface area contributed by atoms with E-state index in [1.165, 1.54) is 19.1 Å². The fourth-order valence-electron chi connectivity index (χ4n) is 2.47. The molecular formula is C14H18ClN3O3. The number of aromatic nitrogens is 1. The Hall–Kier alpha value is -1.82.